The molecule has 0 N–H and O–H groups in total. The van der Waals surface area contributed by atoms with Gasteiger partial charge in [0, 0.05) is 5.56 Å². The maximum atomic E-state index is 5.73. The first-order valence-corrected chi connectivity index (χ1v) is 5.70. The fourth-order valence-corrected chi connectivity index (χ4v) is 2.24. The zero-order valence-electron chi connectivity index (χ0n) is 9.72. The molecule has 1 unspecified atom stereocenters. The minimum absolute atomic E-state index is 0.298. The molecule has 1 atom stereocenters. The molecule has 3 rings (SSSR count). The van der Waals surface area contributed by atoms with Crippen LogP contribution in [0.1, 0.15) is 11.1 Å². The largest absolute Gasteiger partial charge is 0.496 e. The Labute approximate surface area is 101 Å². The number of ether oxygens (including phenoxy) is 2. The predicted octanol–water partition coefficient (Wildman–Crippen LogP) is 2.97. The molecule has 0 amide bonds. The van der Waals surface area contributed by atoms with Crippen molar-refractivity contribution in [2.75, 3.05) is 13.7 Å². The van der Waals surface area contributed by atoms with E-state index in [0.29, 0.717) is 0 Å². The fraction of sp³-hybridized carbons (Fsp3) is 0.200. The van der Waals surface area contributed by atoms with Gasteiger partial charge in [0.1, 0.15) is 11.4 Å². The van der Waals surface area contributed by atoms with E-state index in [-0.39, 0.29) is 5.60 Å². The molecular formula is C15H14O2. The molecule has 2 nitrogen and oxygen atoms in total. The van der Waals surface area contributed by atoms with Gasteiger partial charge < -0.3 is 9.47 Å². The number of para-hydroxylation sites is 1. The summed E-state index contributed by atoms with van der Waals surface area (Å²) in [5, 5.41) is 0. The van der Waals surface area contributed by atoms with Crippen molar-refractivity contribution in [1.82, 2.24) is 0 Å². The quantitative estimate of drug-likeness (QED) is 0.750. The number of epoxide rings is 1. The molecule has 2 aromatic carbocycles. The molecular weight excluding hydrogens is 212 g/mol. The Bertz CT molecular complexity index is 515. The SMILES string of the molecule is COc1ccccc1C1(c2ccccc2)CO1. The van der Waals surface area contributed by atoms with Crippen LogP contribution in [0, 0.1) is 0 Å². The van der Waals surface area contributed by atoms with E-state index in [1.165, 1.54) is 5.56 Å². The van der Waals surface area contributed by atoms with Crippen LogP contribution < -0.4 is 4.74 Å². The average Bonchev–Trinajstić information content (AvgIpc) is 3.21. The van der Waals surface area contributed by atoms with Crippen molar-refractivity contribution in [3.05, 3.63) is 65.7 Å². The van der Waals surface area contributed by atoms with E-state index < -0.39 is 0 Å². The van der Waals surface area contributed by atoms with E-state index in [0.717, 1.165) is 17.9 Å². The van der Waals surface area contributed by atoms with Crippen LogP contribution in [0.5, 0.6) is 5.75 Å². The lowest BCUT2D eigenvalue weighted by Gasteiger charge is -2.16. The highest BCUT2D eigenvalue weighted by molar-refractivity contribution is 5.48. The molecule has 0 spiro atoms. The first kappa shape index (κ1) is 10.4. The minimum atomic E-state index is -0.298. The zero-order chi connectivity index (χ0) is 11.7. The Morgan fingerprint density at radius 3 is 2.29 bits per heavy atom. The Morgan fingerprint density at radius 2 is 1.65 bits per heavy atom. The molecule has 1 aliphatic heterocycles. The van der Waals surface area contributed by atoms with E-state index in [2.05, 4.69) is 18.2 Å². The lowest BCUT2D eigenvalue weighted by Crippen LogP contribution is -2.12. The predicted molar refractivity (Wildman–Crippen MR) is 66.2 cm³/mol. The maximum Gasteiger partial charge on any atom is 0.145 e. The Hall–Kier alpha value is -1.80. The lowest BCUT2D eigenvalue weighted by atomic mass is 9.91. The minimum Gasteiger partial charge on any atom is -0.496 e. The maximum absolute atomic E-state index is 5.73. The van der Waals surface area contributed by atoms with E-state index in [9.17, 15) is 0 Å². The van der Waals surface area contributed by atoms with Gasteiger partial charge >= 0.3 is 0 Å². The van der Waals surface area contributed by atoms with Gasteiger partial charge in [-0.1, -0.05) is 48.5 Å². The van der Waals surface area contributed by atoms with Gasteiger partial charge in [0.05, 0.1) is 13.7 Å². The number of rotatable bonds is 3. The summed E-state index contributed by atoms with van der Waals surface area (Å²) in [7, 11) is 1.69. The van der Waals surface area contributed by atoms with Crippen molar-refractivity contribution in [2.24, 2.45) is 0 Å². The monoisotopic (exact) mass is 226 g/mol. The van der Waals surface area contributed by atoms with E-state index in [1.807, 2.05) is 36.4 Å². The molecule has 0 aromatic heterocycles. The average molecular weight is 226 g/mol. The first-order chi connectivity index (χ1) is 8.37. The molecule has 1 saturated heterocycles. The molecule has 1 heterocycles. The third kappa shape index (κ3) is 1.61. The van der Waals surface area contributed by atoms with Crippen molar-refractivity contribution in [3.8, 4) is 5.75 Å². The second-order valence-corrected chi connectivity index (χ2v) is 4.18. The number of benzene rings is 2. The van der Waals surface area contributed by atoms with E-state index in [1.54, 1.807) is 7.11 Å². The first-order valence-electron chi connectivity index (χ1n) is 5.70. The second kappa shape index (κ2) is 3.90. The molecule has 0 bridgehead atoms. The van der Waals surface area contributed by atoms with Gasteiger partial charge in [-0.25, -0.2) is 0 Å². The highest BCUT2D eigenvalue weighted by atomic mass is 16.6. The van der Waals surface area contributed by atoms with E-state index in [4.69, 9.17) is 9.47 Å². The number of hydrogen-bond donors (Lipinski definition) is 0. The van der Waals surface area contributed by atoms with Crippen LogP contribution in [0.25, 0.3) is 0 Å². The normalized spacial score (nSPS) is 22.2. The summed E-state index contributed by atoms with van der Waals surface area (Å²) in [6.45, 7) is 0.720. The molecule has 1 aliphatic rings. The van der Waals surface area contributed by atoms with Crippen LogP contribution in [0.3, 0.4) is 0 Å². The van der Waals surface area contributed by atoms with Crippen molar-refractivity contribution < 1.29 is 9.47 Å². The smallest absolute Gasteiger partial charge is 0.145 e. The van der Waals surface area contributed by atoms with Crippen LogP contribution >= 0.6 is 0 Å². The molecule has 0 radical (unpaired) electrons. The number of hydrogen-bond acceptors (Lipinski definition) is 2. The lowest BCUT2D eigenvalue weighted by molar-refractivity contribution is 0.333. The fourth-order valence-electron chi connectivity index (χ4n) is 2.24. The van der Waals surface area contributed by atoms with Crippen LogP contribution in [0.15, 0.2) is 54.6 Å². The van der Waals surface area contributed by atoms with Gasteiger partial charge in [0.2, 0.25) is 0 Å². The Balaban J connectivity index is 2.10. The van der Waals surface area contributed by atoms with Crippen LogP contribution in [0.2, 0.25) is 0 Å². The summed E-state index contributed by atoms with van der Waals surface area (Å²) in [6.07, 6.45) is 0. The third-order valence-electron chi connectivity index (χ3n) is 3.22. The van der Waals surface area contributed by atoms with Gasteiger partial charge in [0.25, 0.3) is 0 Å². The molecule has 17 heavy (non-hydrogen) atoms. The standard InChI is InChI=1S/C15H14O2/c1-16-14-10-6-5-9-13(14)15(11-17-15)12-7-3-2-4-8-12/h2-10H,11H2,1H3. The molecule has 0 aliphatic carbocycles. The number of methoxy groups -OCH3 is 1. The molecule has 1 fully saturated rings. The Morgan fingerprint density at radius 1 is 1.00 bits per heavy atom. The summed E-state index contributed by atoms with van der Waals surface area (Å²) in [4.78, 5) is 0. The van der Waals surface area contributed by atoms with Crippen molar-refractivity contribution in [2.45, 2.75) is 5.60 Å². The molecule has 2 heteroatoms. The Kier molecular flexibility index (Phi) is 2.37. The van der Waals surface area contributed by atoms with Gasteiger partial charge in [-0.15, -0.1) is 0 Å². The summed E-state index contributed by atoms with van der Waals surface area (Å²) >= 11 is 0. The van der Waals surface area contributed by atoms with Gasteiger partial charge in [-0.05, 0) is 11.6 Å². The highest BCUT2D eigenvalue weighted by Gasteiger charge is 2.49. The van der Waals surface area contributed by atoms with Crippen LogP contribution in [-0.2, 0) is 10.3 Å². The topological polar surface area (TPSA) is 21.8 Å². The third-order valence-corrected chi connectivity index (χ3v) is 3.22. The molecule has 0 saturated carbocycles. The summed E-state index contributed by atoms with van der Waals surface area (Å²) in [6, 6.07) is 18.3. The van der Waals surface area contributed by atoms with Gasteiger partial charge in [-0.2, -0.15) is 0 Å². The van der Waals surface area contributed by atoms with E-state index >= 15 is 0 Å². The summed E-state index contributed by atoms with van der Waals surface area (Å²) in [5.41, 5.74) is 1.99. The van der Waals surface area contributed by atoms with Crippen LogP contribution in [-0.4, -0.2) is 13.7 Å². The molecule has 86 valence electrons. The zero-order valence-corrected chi connectivity index (χ0v) is 9.72. The summed E-state index contributed by atoms with van der Waals surface area (Å²) in [5.74, 6) is 0.883. The van der Waals surface area contributed by atoms with Gasteiger partial charge in [-0.3, -0.25) is 0 Å². The second-order valence-electron chi connectivity index (χ2n) is 4.18. The van der Waals surface area contributed by atoms with Crippen molar-refractivity contribution >= 4 is 0 Å². The van der Waals surface area contributed by atoms with Crippen LogP contribution in [0.4, 0.5) is 0 Å². The molecule has 2 aromatic rings. The van der Waals surface area contributed by atoms with Gasteiger partial charge in [0.15, 0.2) is 0 Å². The van der Waals surface area contributed by atoms with Crippen molar-refractivity contribution in [1.29, 1.82) is 0 Å². The highest BCUT2D eigenvalue weighted by Crippen LogP contribution is 2.48. The summed E-state index contributed by atoms with van der Waals surface area (Å²) < 4.78 is 11.1. The van der Waals surface area contributed by atoms with Crippen molar-refractivity contribution in [3.63, 3.8) is 0 Å².